The molecule has 2 aliphatic heterocycles. The highest BCUT2D eigenvalue weighted by atomic mass is 32.1. The number of fused-ring (bicyclic) bond motifs is 3. The predicted molar refractivity (Wildman–Crippen MR) is 239 cm³/mol. The van der Waals surface area contributed by atoms with Crippen LogP contribution in [0.25, 0.3) is 22.3 Å². The van der Waals surface area contributed by atoms with Crippen LogP contribution in [0.5, 0.6) is 11.5 Å². The summed E-state index contributed by atoms with van der Waals surface area (Å²) in [6.45, 7) is 3.77. The quantitative estimate of drug-likeness (QED) is 0.0834. The predicted octanol–water partition coefficient (Wildman–Crippen LogP) is 8.81. The number of benzene rings is 2. The highest BCUT2D eigenvalue weighted by Gasteiger charge is 2.66. The monoisotopic (exact) mass is 938 g/mol. The van der Waals surface area contributed by atoms with E-state index in [0.29, 0.717) is 55.0 Å². The molecule has 0 bridgehead atoms. The van der Waals surface area contributed by atoms with Crippen LogP contribution in [0.1, 0.15) is 90.0 Å². The number of nitrogens with zero attached hydrogens (tertiary/aromatic N) is 3. The Balaban J connectivity index is 1.15. The van der Waals surface area contributed by atoms with Crippen molar-refractivity contribution < 1.29 is 51.2 Å². The number of aromatic nitrogens is 2. The number of carbonyl (C=O) groups excluding carboxylic acids is 3. The molecule has 14 nitrogen and oxygen atoms in total. The summed E-state index contributed by atoms with van der Waals surface area (Å²) in [7, 11) is -3.29. The van der Waals surface area contributed by atoms with Crippen molar-refractivity contribution in [2.45, 2.75) is 126 Å². The molecule has 2 saturated carbocycles. The minimum Gasteiger partial charge on any atom is -0.494 e. The van der Waals surface area contributed by atoms with Gasteiger partial charge in [-0.15, -0.1) is 11.3 Å². The molecule has 0 radical (unpaired) electrons. The Labute approximate surface area is 379 Å². The number of hydrogen-bond acceptors (Lipinski definition) is 11. The largest absolute Gasteiger partial charge is 0.494 e. The molecular formula is C46H54F3N6O8PS. The fourth-order valence-electron chi connectivity index (χ4n) is 9.17. The van der Waals surface area contributed by atoms with Crippen molar-refractivity contribution in [3.63, 3.8) is 0 Å². The van der Waals surface area contributed by atoms with Gasteiger partial charge in [-0.2, -0.15) is 0 Å². The van der Waals surface area contributed by atoms with Crippen molar-refractivity contribution >= 4 is 52.6 Å². The Kier molecular flexibility index (Phi) is 13.8. The number of allylic oxidation sites excluding steroid dienone is 1. The summed E-state index contributed by atoms with van der Waals surface area (Å²) in [6, 6.07) is 5.52. The zero-order valence-electron chi connectivity index (χ0n) is 36.5. The van der Waals surface area contributed by atoms with E-state index in [-0.39, 0.29) is 60.4 Å². The van der Waals surface area contributed by atoms with Crippen LogP contribution in [0.3, 0.4) is 0 Å². The Hall–Kier alpha value is -5.19. The molecule has 4 aromatic rings. The van der Waals surface area contributed by atoms with Crippen LogP contribution >= 0.6 is 18.7 Å². The Morgan fingerprint density at radius 2 is 1.77 bits per heavy atom. The lowest BCUT2D eigenvalue weighted by Crippen LogP contribution is -2.55. The van der Waals surface area contributed by atoms with Crippen molar-refractivity contribution in [2.75, 3.05) is 19.0 Å². The lowest BCUT2D eigenvalue weighted by molar-refractivity contribution is -0.140. The lowest BCUT2D eigenvalue weighted by atomic mass is 10.0. The molecule has 8 rings (SSSR count). The van der Waals surface area contributed by atoms with Gasteiger partial charge in [0.1, 0.15) is 58.2 Å². The number of thiazole rings is 1. The number of nitrogens with one attached hydrogen (secondary N) is 3. The van der Waals surface area contributed by atoms with E-state index in [2.05, 4.69) is 25.9 Å². The number of hydrogen-bond donors (Lipinski definition) is 4. The number of halogens is 3. The fourth-order valence-corrected chi connectivity index (χ4v) is 12.4. The SMILES string of the molecule is COc1ccc2c(O[C@@H]3C[C@H]4C(=O)N[C@]5(P(=O)(O)Cc6c(F)cccc6F)C[C@H]5/C=C\CCCCC[C@H](NC(=O)OC5CCCC5)C(=O)N4C3)cc(-c3csc(NC(C)C)n3)nc2c1F. The number of carbonyl (C=O) groups is 3. The average Bonchev–Trinajstić information content (AvgIpc) is 3.68. The van der Waals surface area contributed by atoms with Crippen molar-refractivity contribution in [3.05, 3.63) is 76.9 Å². The maximum absolute atomic E-state index is 16.0. The van der Waals surface area contributed by atoms with Crippen LogP contribution < -0.4 is 25.4 Å². The van der Waals surface area contributed by atoms with E-state index in [0.717, 1.165) is 31.0 Å². The molecule has 4 aliphatic rings. The standard InChI is InChI=1S/C46H54F3N6O8PS/c1-26(2)50-44-52-36(25-65-44)35-21-39(30-18-19-38(61-3)40(49)41(30)51-35)62-29-20-37-42(56)54-46(64(59,60)24-31-32(47)15-11-16-33(31)48)22-27(46)12-7-5-4-6-8-17-34(43(57)55(37)23-29)53-45(58)63-28-13-9-10-14-28/h7,11-12,15-16,18-19,21,25-29,34,37H,4-6,8-10,13-14,17,20,22-24H2,1-3H3,(H,50,52)(H,53,58)(H,54,56)(H,59,60)/b12-7-/t27-,29-,34+,37+,46+/m1/s1. The number of ether oxygens (including phenoxy) is 3. The third-order valence-electron chi connectivity index (χ3n) is 12.7. The van der Waals surface area contributed by atoms with E-state index in [1.807, 2.05) is 19.9 Å². The molecule has 2 aromatic heterocycles. The topological polar surface area (TPSA) is 181 Å². The van der Waals surface area contributed by atoms with Crippen molar-refractivity contribution in [1.29, 1.82) is 0 Å². The molecule has 2 aromatic carbocycles. The van der Waals surface area contributed by atoms with Gasteiger partial charge in [0.2, 0.25) is 19.2 Å². The summed E-state index contributed by atoms with van der Waals surface area (Å²) in [5.41, 5.74) is 0.107. The second-order valence-electron chi connectivity index (χ2n) is 17.7. The molecule has 3 fully saturated rings. The third kappa shape index (κ3) is 9.99. The zero-order chi connectivity index (χ0) is 46.0. The molecule has 65 heavy (non-hydrogen) atoms. The van der Waals surface area contributed by atoms with E-state index in [9.17, 15) is 32.6 Å². The molecule has 0 spiro atoms. The molecule has 1 saturated heterocycles. The van der Waals surface area contributed by atoms with Gasteiger partial charge in [-0.1, -0.05) is 31.1 Å². The second-order valence-corrected chi connectivity index (χ2v) is 21.0. The third-order valence-corrected chi connectivity index (χ3v) is 16.1. The first kappa shape index (κ1) is 46.3. The number of methoxy groups -OCH3 is 1. The first-order valence-electron chi connectivity index (χ1n) is 22.2. The van der Waals surface area contributed by atoms with Gasteiger partial charge in [-0.3, -0.25) is 14.2 Å². The number of alkyl carbamates (subject to hydrolysis) is 1. The fraction of sp³-hybridized carbons (Fsp3) is 0.500. The van der Waals surface area contributed by atoms with Crippen LogP contribution in [0.2, 0.25) is 0 Å². The van der Waals surface area contributed by atoms with Gasteiger partial charge in [0.05, 0.1) is 25.5 Å². The highest BCUT2D eigenvalue weighted by molar-refractivity contribution is 7.59. The summed E-state index contributed by atoms with van der Waals surface area (Å²) in [5, 5.41) is 9.74. The number of pyridine rings is 1. The molecule has 6 atom stereocenters. The molecule has 2 aliphatic carbocycles. The average molecular weight is 939 g/mol. The highest BCUT2D eigenvalue weighted by Crippen LogP contribution is 2.71. The van der Waals surface area contributed by atoms with E-state index >= 15 is 4.39 Å². The van der Waals surface area contributed by atoms with Crippen LogP contribution in [0, 0.1) is 23.4 Å². The first-order valence-corrected chi connectivity index (χ1v) is 25.0. The molecule has 3 amide bonds. The Bertz CT molecular complexity index is 2500. The number of anilines is 1. The van der Waals surface area contributed by atoms with Gasteiger partial charge in [0.15, 0.2) is 16.7 Å². The van der Waals surface area contributed by atoms with Crippen molar-refractivity contribution in [1.82, 2.24) is 25.5 Å². The Morgan fingerprint density at radius 3 is 2.51 bits per heavy atom. The van der Waals surface area contributed by atoms with E-state index in [1.165, 1.54) is 29.4 Å². The summed E-state index contributed by atoms with van der Waals surface area (Å²) < 4.78 is 78.0. The molecular weight excluding hydrogens is 885 g/mol. The van der Waals surface area contributed by atoms with Crippen molar-refractivity contribution in [3.8, 4) is 22.9 Å². The van der Waals surface area contributed by atoms with Gasteiger partial charge < -0.3 is 40.0 Å². The molecule has 4 heterocycles. The van der Waals surface area contributed by atoms with Crippen LogP contribution in [0.15, 0.2) is 53.9 Å². The van der Waals surface area contributed by atoms with Gasteiger partial charge in [-0.05, 0) is 89.5 Å². The molecule has 348 valence electrons. The normalized spacial score (nSPS) is 25.4. The molecule has 19 heteroatoms. The van der Waals surface area contributed by atoms with Gasteiger partial charge >= 0.3 is 6.09 Å². The molecule has 1 unspecified atom stereocenters. The van der Waals surface area contributed by atoms with Crippen LogP contribution in [0.4, 0.5) is 23.1 Å². The maximum Gasteiger partial charge on any atom is 0.408 e. The lowest BCUT2D eigenvalue weighted by Gasteiger charge is -2.31. The minimum absolute atomic E-state index is 0.0166. The van der Waals surface area contributed by atoms with Crippen LogP contribution in [-0.2, 0) is 25.1 Å². The number of amides is 3. The van der Waals surface area contributed by atoms with Gasteiger partial charge in [0.25, 0.3) is 0 Å². The smallest absolute Gasteiger partial charge is 0.408 e. The maximum atomic E-state index is 16.0. The van der Waals surface area contributed by atoms with Gasteiger partial charge in [0, 0.05) is 40.8 Å². The van der Waals surface area contributed by atoms with Crippen LogP contribution in [-0.4, -0.2) is 86.9 Å². The van der Waals surface area contributed by atoms with E-state index in [4.69, 9.17) is 14.2 Å². The Morgan fingerprint density at radius 1 is 1.02 bits per heavy atom. The first-order chi connectivity index (χ1) is 31.2. The van der Waals surface area contributed by atoms with E-state index < -0.39 is 83.8 Å². The van der Waals surface area contributed by atoms with Gasteiger partial charge in [-0.25, -0.2) is 27.9 Å². The summed E-state index contributed by atoms with van der Waals surface area (Å²) in [6.07, 6.45) is 6.80. The summed E-state index contributed by atoms with van der Waals surface area (Å²) in [4.78, 5) is 65.3. The summed E-state index contributed by atoms with van der Waals surface area (Å²) in [5.74, 6) is -4.59. The second kappa shape index (κ2) is 19.3. The summed E-state index contributed by atoms with van der Waals surface area (Å²) >= 11 is 1.35. The zero-order valence-corrected chi connectivity index (χ0v) is 38.2. The minimum atomic E-state index is -4.63. The number of rotatable bonds is 11. The van der Waals surface area contributed by atoms with Crippen molar-refractivity contribution in [2.24, 2.45) is 5.92 Å². The molecule has 4 N–H and O–H groups in total. The van der Waals surface area contributed by atoms with E-state index in [1.54, 1.807) is 23.6 Å².